The van der Waals surface area contributed by atoms with E-state index in [4.69, 9.17) is 10.0 Å². The fourth-order valence-electron chi connectivity index (χ4n) is 0. The maximum Gasteiger partial charge on any atom is 2.00 e. The molecule has 0 heterocycles. The van der Waals surface area contributed by atoms with Crippen LogP contribution in [0.5, 0.6) is 0 Å². The summed E-state index contributed by atoms with van der Waals surface area (Å²) >= 11 is 0. The van der Waals surface area contributed by atoms with Gasteiger partial charge in [-0.05, 0) is 0 Å². The van der Waals surface area contributed by atoms with E-state index in [-0.39, 0.29) is 20.4 Å². The molecule has 0 saturated heterocycles. The van der Waals surface area contributed by atoms with Crippen LogP contribution < -0.4 is 10.0 Å². The third kappa shape index (κ3) is 17.1. The van der Waals surface area contributed by atoms with Crippen LogP contribution in [-0.2, 0) is 20.4 Å². The van der Waals surface area contributed by atoms with Gasteiger partial charge in [-0.15, -0.1) is 7.69 Å². The van der Waals surface area contributed by atoms with E-state index in [2.05, 4.69) is 0 Å². The Morgan fingerprint density at radius 3 is 1.25 bits per heavy atom. The second-order valence-corrected chi connectivity index (χ2v) is 0.118. The minimum Gasteiger partial charge on any atom is -0.896 e. The average Bonchev–Trinajstić information content (AvgIpc) is 0.918. The van der Waals surface area contributed by atoms with Crippen LogP contribution in [0.2, 0.25) is 0 Å². The largest absolute Gasteiger partial charge is 2.00 e. The predicted molar refractivity (Wildman–Crippen MR) is 7.15 cm³/mol. The molecular weight excluding hydrogens is 149 g/mol. The minimum atomic E-state index is -1.25. The second-order valence-electron chi connectivity index (χ2n) is 0.118. The second kappa shape index (κ2) is 9.42. The van der Waals surface area contributed by atoms with Gasteiger partial charge in [0.15, 0.2) is 0 Å². The normalized spacial score (nSPS) is 3.50. The van der Waals surface area contributed by atoms with Crippen molar-refractivity contribution in [2.75, 3.05) is 0 Å². The molecule has 26 valence electrons. The van der Waals surface area contributed by atoms with Crippen LogP contribution in [0.4, 0.5) is 0 Å². The molecular formula is HBO2Pd. The van der Waals surface area contributed by atoms with E-state index in [9.17, 15) is 0 Å². The van der Waals surface area contributed by atoms with Gasteiger partial charge < -0.3 is 10.0 Å². The minimum absolute atomic E-state index is 0. The van der Waals surface area contributed by atoms with E-state index in [1.807, 2.05) is 0 Å². The van der Waals surface area contributed by atoms with Crippen molar-refractivity contribution in [3.63, 3.8) is 0 Å². The molecule has 0 rings (SSSR count). The molecule has 0 saturated carbocycles. The van der Waals surface area contributed by atoms with Crippen molar-refractivity contribution in [3.8, 4) is 0 Å². The van der Waals surface area contributed by atoms with Gasteiger partial charge in [0, 0.05) is 0 Å². The van der Waals surface area contributed by atoms with Gasteiger partial charge in [-0.3, -0.25) is 0 Å². The van der Waals surface area contributed by atoms with Crippen LogP contribution in [0.1, 0.15) is 0 Å². The molecule has 0 aliphatic heterocycles. The summed E-state index contributed by atoms with van der Waals surface area (Å²) in [5.41, 5.74) is 0. The van der Waals surface area contributed by atoms with Gasteiger partial charge >= 0.3 is 20.4 Å². The van der Waals surface area contributed by atoms with Crippen molar-refractivity contribution in [1.29, 1.82) is 0 Å². The maximum absolute atomic E-state index is 8.38. The van der Waals surface area contributed by atoms with Crippen LogP contribution >= 0.6 is 0 Å². The Morgan fingerprint density at radius 1 is 1.25 bits per heavy atom. The van der Waals surface area contributed by atoms with E-state index in [0.29, 0.717) is 0 Å². The topological polar surface area (TPSA) is 46.1 Å². The maximum atomic E-state index is 8.38. The first-order valence-corrected chi connectivity index (χ1v) is 0.577. The Hall–Kier alpha value is 0.647. The quantitative estimate of drug-likeness (QED) is 0.345. The fourth-order valence-corrected chi connectivity index (χ4v) is 0. The zero-order valence-electron chi connectivity index (χ0n) is 1.84. The molecule has 0 aromatic heterocycles. The molecule has 0 atom stereocenters. The summed E-state index contributed by atoms with van der Waals surface area (Å²) in [7, 11) is -1.25. The summed E-state index contributed by atoms with van der Waals surface area (Å²) in [5, 5.41) is 16.8. The van der Waals surface area contributed by atoms with Crippen LogP contribution in [0.3, 0.4) is 0 Å². The zero-order chi connectivity index (χ0) is 2.71. The van der Waals surface area contributed by atoms with Gasteiger partial charge in [0.05, 0.1) is 0 Å². The molecule has 0 bridgehead atoms. The van der Waals surface area contributed by atoms with Crippen molar-refractivity contribution in [2.45, 2.75) is 0 Å². The summed E-state index contributed by atoms with van der Waals surface area (Å²) in [6, 6.07) is 0. The van der Waals surface area contributed by atoms with Crippen molar-refractivity contribution in [2.24, 2.45) is 0 Å². The Labute approximate surface area is 38.8 Å². The van der Waals surface area contributed by atoms with E-state index in [1.165, 1.54) is 0 Å². The standard InChI is InChI=1S/BHO2.Pd/c2-1-3;/h1H;/q-2;+2. The molecule has 0 radical (unpaired) electrons. The first-order chi connectivity index (χ1) is 1.41. The average molecular weight is 150 g/mol. The fraction of sp³-hybridized carbons (Fsp3) is 0. The smallest absolute Gasteiger partial charge is 0.896 e. The van der Waals surface area contributed by atoms with Gasteiger partial charge in [0.25, 0.3) is 0 Å². The SMILES string of the molecule is [O-]B[O-].[Pd+2]. The molecule has 4 heteroatoms. The summed E-state index contributed by atoms with van der Waals surface area (Å²) < 4.78 is 0. The van der Waals surface area contributed by atoms with Crippen LogP contribution in [0, 0.1) is 0 Å². The molecule has 0 aliphatic rings. The molecule has 0 aromatic carbocycles. The third-order valence-corrected chi connectivity index (χ3v) is 0. The van der Waals surface area contributed by atoms with Gasteiger partial charge in [0.1, 0.15) is 0 Å². The Kier molecular flexibility index (Phi) is 20.8. The van der Waals surface area contributed by atoms with Crippen molar-refractivity contribution in [3.05, 3.63) is 0 Å². The zero-order valence-corrected chi connectivity index (χ0v) is 3.39. The van der Waals surface area contributed by atoms with E-state index in [0.717, 1.165) is 0 Å². The first-order valence-electron chi connectivity index (χ1n) is 0.577. The number of hydrogen-bond acceptors (Lipinski definition) is 2. The van der Waals surface area contributed by atoms with Crippen molar-refractivity contribution < 1.29 is 30.5 Å². The molecule has 2 nitrogen and oxygen atoms in total. The van der Waals surface area contributed by atoms with Crippen LogP contribution in [-0.4, -0.2) is 7.69 Å². The van der Waals surface area contributed by atoms with Crippen molar-refractivity contribution in [1.82, 2.24) is 0 Å². The monoisotopic (exact) mass is 150 g/mol. The molecule has 0 aromatic rings. The van der Waals surface area contributed by atoms with Gasteiger partial charge in [-0.1, -0.05) is 0 Å². The molecule has 0 amide bonds. The first kappa shape index (κ1) is 8.82. The van der Waals surface area contributed by atoms with Gasteiger partial charge in [0.2, 0.25) is 0 Å². The summed E-state index contributed by atoms with van der Waals surface area (Å²) in [6.07, 6.45) is 0. The molecule has 0 unspecified atom stereocenters. The molecule has 4 heavy (non-hydrogen) atoms. The van der Waals surface area contributed by atoms with E-state index < -0.39 is 7.69 Å². The Bertz CT molecular complexity index is 6.00. The third-order valence-electron chi connectivity index (χ3n) is 0. The van der Waals surface area contributed by atoms with E-state index in [1.54, 1.807) is 0 Å². The molecule has 0 aliphatic carbocycles. The summed E-state index contributed by atoms with van der Waals surface area (Å²) in [6.45, 7) is 0. The summed E-state index contributed by atoms with van der Waals surface area (Å²) in [4.78, 5) is 0. The van der Waals surface area contributed by atoms with E-state index >= 15 is 0 Å². The number of rotatable bonds is 0. The number of hydrogen-bond donors (Lipinski definition) is 0. The Balaban J connectivity index is 0. The van der Waals surface area contributed by atoms with Gasteiger partial charge in [-0.25, -0.2) is 0 Å². The van der Waals surface area contributed by atoms with Crippen molar-refractivity contribution >= 4 is 7.69 Å². The van der Waals surface area contributed by atoms with Crippen LogP contribution in [0.15, 0.2) is 0 Å². The molecule has 0 fully saturated rings. The van der Waals surface area contributed by atoms with Gasteiger partial charge in [-0.2, -0.15) is 0 Å². The summed E-state index contributed by atoms with van der Waals surface area (Å²) in [5.74, 6) is 0. The molecule has 0 N–H and O–H groups in total. The molecule has 0 spiro atoms. The Morgan fingerprint density at radius 2 is 1.25 bits per heavy atom. The predicted octanol–water partition coefficient (Wildman–Crippen LogP) is -3.03. The van der Waals surface area contributed by atoms with Crippen LogP contribution in [0.25, 0.3) is 0 Å².